The predicted octanol–water partition coefficient (Wildman–Crippen LogP) is 5.28. The van der Waals surface area contributed by atoms with E-state index in [1.54, 1.807) is 24.6 Å². The van der Waals surface area contributed by atoms with Crippen LogP contribution in [0, 0.1) is 0 Å². The molecule has 86 valence electrons. The van der Waals surface area contributed by atoms with Gasteiger partial charge >= 0.3 is 103 Å². The zero-order valence-electron chi connectivity index (χ0n) is 9.90. The maximum absolute atomic E-state index is 2.98. The van der Waals surface area contributed by atoms with Gasteiger partial charge < -0.3 is 0 Å². The van der Waals surface area contributed by atoms with Crippen LogP contribution in [-0.4, -0.2) is 24.6 Å². The topological polar surface area (TPSA) is 0 Å². The second kappa shape index (κ2) is 5.48. The van der Waals surface area contributed by atoms with Crippen molar-refractivity contribution in [2.24, 2.45) is 0 Å². The van der Waals surface area contributed by atoms with Crippen LogP contribution in [0.4, 0.5) is 0 Å². The first kappa shape index (κ1) is 13.2. The fraction of sp³-hybridized carbons (Fsp3) is 1.00. The number of hydrogen-bond acceptors (Lipinski definition) is 0. The number of halogens is 1. The van der Waals surface area contributed by atoms with Crippen molar-refractivity contribution in [3.63, 3.8) is 0 Å². The van der Waals surface area contributed by atoms with Gasteiger partial charge in [0.15, 0.2) is 0 Å². The van der Waals surface area contributed by atoms with Crippen LogP contribution in [0.3, 0.4) is 0 Å². The standard InChI is InChI=1S/C12H26IP/c1-3-5-9-14(13,10-6-4-2)11-7-8-12-14/h3-12H2,1-2H3. The van der Waals surface area contributed by atoms with Crippen LogP contribution < -0.4 is 0 Å². The summed E-state index contributed by atoms with van der Waals surface area (Å²) < 4.78 is -1.18. The molecule has 0 aromatic carbocycles. The average Bonchev–Trinajstić information content (AvgIpc) is 2.58. The van der Waals surface area contributed by atoms with Crippen LogP contribution in [0.5, 0.6) is 0 Å². The van der Waals surface area contributed by atoms with Gasteiger partial charge in [-0.15, -0.1) is 0 Å². The fourth-order valence-corrected chi connectivity index (χ4v) is 12.5. The Bertz CT molecular complexity index is 161. The van der Waals surface area contributed by atoms with E-state index in [4.69, 9.17) is 0 Å². The van der Waals surface area contributed by atoms with Gasteiger partial charge in [0.05, 0.1) is 0 Å². The Morgan fingerprint density at radius 1 is 0.929 bits per heavy atom. The van der Waals surface area contributed by atoms with Crippen molar-refractivity contribution in [1.82, 2.24) is 0 Å². The Labute approximate surface area is 103 Å². The quantitative estimate of drug-likeness (QED) is 0.459. The van der Waals surface area contributed by atoms with E-state index in [1.807, 2.05) is 0 Å². The second-order valence-electron chi connectivity index (χ2n) is 5.13. The molecular formula is C12H26IP. The van der Waals surface area contributed by atoms with Crippen LogP contribution in [-0.2, 0) is 0 Å². The Kier molecular flexibility index (Phi) is 5.17. The maximum atomic E-state index is 2.98. The zero-order valence-corrected chi connectivity index (χ0v) is 12.9. The molecule has 0 aromatic rings. The third-order valence-electron chi connectivity index (χ3n) is 3.82. The van der Waals surface area contributed by atoms with Gasteiger partial charge in [-0.2, -0.15) is 0 Å². The summed E-state index contributed by atoms with van der Waals surface area (Å²) in [6.07, 6.45) is 15.3. The van der Waals surface area contributed by atoms with E-state index < -0.39 is 4.25 Å². The zero-order chi connectivity index (χ0) is 10.5. The molecule has 1 aliphatic rings. The molecule has 1 aliphatic heterocycles. The van der Waals surface area contributed by atoms with Gasteiger partial charge in [0.1, 0.15) is 0 Å². The molecule has 0 spiro atoms. The van der Waals surface area contributed by atoms with Gasteiger partial charge in [-0.25, -0.2) is 0 Å². The number of unbranched alkanes of at least 4 members (excludes halogenated alkanes) is 2. The summed E-state index contributed by atoms with van der Waals surface area (Å²) in [6, 6.07) is 0. The molecule has 1 saturated heterocycles. The fourth-order valence-electron chi connectivity index (χ4n) is 2.79. The summed E-state index contributed by atoms with van der Waals surface area (Å²) in [4.78, 5) is 0. The normalized spacial score (nSPS) is 26.9. The first-order chi connectivity index (χ1) is 6.63. The molecule has 1 rings (SSSR count). The van der Waals surface area contributed by atoms with E-state index in [0.29, 0.717) is 0 Å². The molecule has 0 saturated carbocycles. The molecule has 0 unspecified atom stereocenters. The van der Waals surface area contributed by atoms with Gasteiger partial charge in [-0.3, -0.25) is 0 Å². The van der Waals surface area contributed by atoms with Crippen molar-refractivity contribution in [3.05, 3.63) is 0 Å². The molecule has 1 heterocycles. The minimum atomic E-state index is -1.18. The summed E-state index contributed by atoms with van der Waals surface area (Å²) in [5.74, 6) is 0. The van der Waals surface area contributed by atoms with Gasteiger partial charge in [0.2, 0.25) is 0 Å². The molecule has 1 fully saturated rings. The van der Waals surface area contributed by atoms with Gasteiger partial charge in [0, 0.05) is 0 Å². The number of rotatable bonds is 6. The van der Waals surface area contributed by atoms with Crippen LogP contribution >= 0.6 is 26.3 Å². The molecule has 0 bridgehead atoms. The molecule has 0 aromatic heterocycles. The summed E-state index contributed by atoms with van der Waals surface area (Å²) >= 11 is 2.98. The molecular weight excluding hydrogens is 302 g/mol. The Morgan fingerprint density at radius 2 is 1.36 bits per heavy atom. The summed E-state index contributed by atoms with van der Waals surface area (Å²) in [6.45, 7) is 4.69. The SMILES string of the molecule is CCCCP1(I)(CCCC)CCCC1. The monoisotopic (exact) mass is 328 g/mol. The molecule has 0 amide bonds. The first-order valence-electron chi connectivity index (χ1n) is 6.35. The summed E-state index contributed by atoms with van der Waals surface area (Å²) in [7, 11) is 0. The van der Waals surface area contributed by atoms with Crippen molar-refractivity contribution in [1.29, 1.82) is 0 Å². The van der Waals surface area contributed by atoms with Crippen molar-refractivity contribution < 1.29 is 0 Å². The molecule has 0 N–H and O–H groups in total. The molecule has 0 atom stereocenters. The van der Waals surface area contributed by atoms with Crippen LogP contribution in [0.15, 0.2) is 0 Å². The molecule has 2 heteroatoms. The average molecular weight is 328 g/mol. The van der Waals surface area contributed by atoms with Crippen molar-refractivity contribution >= 4 is 26.3 Å². The van der Waals surface area contributed by atoms with Crippen LogP contribution in [0.25, 0.3) is 0 Å². The van der Waals surface area contributed by atoms with Crippen molar-refractivity contribution in [2.75, 3.05) is 24.6 Å². The van der Waals surface area contributed by atoms with Gasteiger partial charge in [-0.05, 0) is 0 Å². The van der Waals surface area contributed by atoms with E-state index in [2.05, 4.69) is 35.9 Å². The van der Waals surface area contributed by atoms with E-state index in [0.717, 1.165) is 0 Å². The van der Waals surface area contributed by atoms with Crippen molar-refractivity contribution in [3.8, 4) is 0 Å². The predicted molar refractivity (Wildman–Crippen MR) is 79.5 cm³/mol. The minimum absolute atomic E-state index is 1.18. The second-order valence-corrected chi connectivity index (χ2v) is 18.7. The Morgan fingerprint density at radius 3 is 1.71 bits per heavy atom. The Balaban J connectivity index is 2.57. The molecule has 0 nitrogen and oxygen atoms in total. The van der Waals surface area contributed by atoms with Gasteiger partial charge in [-0.1, -0.05) is 0 Å². The third kappa shape index (κ3) is 3.33. The summed E-state index contributed by atoms with van der Waals surface area (Å²) in [5, 5.41) is 0. The molecule has 0 aliphatic carbocycles. The van der Waals surface area contributed by atoms with Gasteiger partial charge in [0.25, 0.3) is 0 Å². The van der Waals surface area contributed by atoms with Crippen LogP contribution in [0.2, 0.25) is 0 Å². The molecule has 0 radical (unpaired) electrons. The van der Waals surface area contributed by atoms with E-state index in [-0.39, 0.29) is 0 Å². The Hall–Kier alpha value is 1.16. The first-order valence-corrected chi connectivity index (χ1v) is 12.1. The van der Waals surface area contributed by atoms with E-state index in [9.17, 15) is 0 Å². The van der Waals surface area contributed by atoms with E-state index >= 15 is 0 Å². The van der Waals surface area contributed by atoms with Crippen molar-refractivity contribution in [2.45, 2.75) is 52.4 Å². The third-order valence-corrected chi connectivity index (χ3v) is 15.3. The van der Waals surface area contributed by atoms with Crippen LogP contribution in [0.1, 0.15) is 52.4 Å². The van der Waals surface area contributed by atoms with E-state index in [1.165, 1.54) is 38.5 Å². The molecule has 14 heavy (non-hydrogen) atoms. The number of hydrogen-bond donors (Lipinski definition) is 0. The summed E-state index contributed by atoms with van der Waals surface area (Å²) in [5.41, 5.74) is 0.